The first-order chi connectivity index (χ1) is 8.18. The molecule has 17 heavy (non-hydrogen) atoms. The zero-order valence-electron chi connectivity index (χ0n) is 9.20. The van der Waals surface area contributed by atoms with Crippen LogP contribution in [0, 0.1) is 5.92 Å². The van der Waals surface area contributed by atoms with Crippen LogP contribution in [0.5, 0.6) is 0 Å². The summed E-state index contributed by atoms with van der Waals surface area (Å²) in [4.78, 5) is 25.0. The van der Waals surface area contributed by atoms with Crippen LogP contribution in [0.2, 0.25) is 0 Å². The van der Waals surface area contributed by atoms with Gasteiger partial charge >= 0.3 is 5.97 Å². The minimum atomic E-state index is -0.797. The molecule has 2 aliphatic rings. The second-order valence-electron chi connectivity index (χ2n) is 4.67. The van der Waals surface area contributed by atoms with Gasteiger partial charge in [0.1, 0.15) is 0 Å². The molecule has 0 radical (unpaired) electrons. The van der Waals surface area contributed by atoms with Gasteiger partial charge in [-0.3, -0.25) is 9.59 Å². The van der Waals surface area contributed by atoms with Crippen LogP contribution in [0.15, 0.2) is 22.8 Å². The van der Waals surface area contributed by atoms with E-state index >= 15 is 0 Å². The molecule has 3 atom stereocenters. The lowest BCUT2D eigenvalue weighted by Gasteiger charge is -2.21. The Morgan fingerprint density at radius 1 is 1.41 bits per heavy atom. The van der Waals surface area contributed by atoms with Gasteiger partial charge < -0.3 is 14.4 Å². The Morgan fingerprint density at radius 3 is 2.82 bits per heavy atom. The molecule has 2 aliphatic heterocycles. The summed E-state index contributed by atoms with van der Waals surface area (Å²) in [7, 11) is 0. The van der Waals surface area contributed by atoms with E-state index in [1.54, 1.807) is 17.0 Å². The number of hydrogen-bond acceptors (Lipinski definition) is 3. The van der Waals surface area contributed by atoms with E-state index in [1.807, 2.05) is 0 Å². The van der Waals surface area contributed by atoms with Gasteiger partial charge in [0, 0.05) is 12.1 Å². The smallest absolute Gasteiger partial charge is 0.308 e. The van der Waals surface area contributed by atoms with Gasteiger partial charge in [-0.1, -0.05) is 0 Å². The van der Waals surface area contributed by atoms with Crippen LogP contribution < -0.4 is 0 Å². The van der Waals surface area contributed by atoms with E-state index in [4.69, 9.17) is 9.52 Å². The van der Waals surface area contributed by atoms with Crippen LogP contribution >= 0.6 is 0 Å². The summed E-state index contributed by atoms with van der Waals surface area (Å²) >= 11 is 0. The number of carbonyl (C=O) groups is 2. The van der Waals surface area contributed by atoms with Crippen molar-refractivity contribution in [1.82, 2.24) is 4.90 Å². The first-order valence-electron chi connectivity index (χ1n) is 5.77. The van der Waals surface area contributed by atoms with Crippen LogP contribution in [-0.2, 0) is 4.79 Å². The van der Waals surface area contributed by atoms with Gasteiger partial charge in [0.05, 0.1) is 12.2 Å². The molecule has 1 amide bonds. The summed E-state index contributed by atoms with van der Waals surface area (Å²) in [5.41, 5.74) is 0. The zero-order chi connectivity index (χ0) is 12.0. The van der Waals surface area contributed by atoms with Crippen LogP contribution in [0.25, 0.3) is 0 Å². The number of fused-ring (bicyclic) bond motifs is 2. The van der Waals surface area contributed by atoms with Gasteiger partial charge in [-0.15, -0.1) is 0 Å². The lowest BCUT2D eigenvalue weighted by Crippen LogP contribution is -2.37. The monoisotopic (exact) mass is 235 g/mol. The molecule has 90 valence electrons. The number of aliphatic carboxylic acids is 1. The van der Waals surface area contributed by atoms with Crippen molar-refractivity contribution in [2.45, 2.75) is 31.3 Å². The van der Waals surface area contributed by atoms with Gasteiger partial charge in [0.25, 0.3) is 5.91 Å². The Kier molecular flexibility index (Phi) is 2.21. The fourth-order valence-corrected chi connectivity index (χ4v) is 3.10. The van der Waals surface area contributed by atoms with E-state index in [9.17, 15) is 9.59 Å². The minimum Gasteiger partial charge on any atom is -0.481 e. The topological polar surface area (TPSA) is 70.8 Å². The van der Waals surface area contributed by atoms with E-state index in [-0.39, 0.29) is 18.0 Å². The SMILES string of the molecule is O=C(O)C1CC2CCC1N2C(=O)c1ccco1. The van der Waals surface area contributed by atoms with Gasteiger partial charge in [0.15, 0.2) is 5.76 Å². The Hall–Kier alpha value is -1.78. The Morgan fingerprint density at radius 2 is 2.24 bits per heavy atom. The summed E-state index contributed by atoms with van der Waals surface area (Å²) < 4.78 is 5.09. The average Bonchev–Trinajstić information content (AvgIpc) is 3.03. The van der Waals surface area contributed by atoms with Gasteiger partial charge in [0.2, 0.25) is 0 Å². The van der Waals surface area contributed by atoms with Crippen LogP contribution in [0.3, 0.4) is 0 Å². The molecule has 1 N–H and O–H groups in total. The molecule has 0 spiro atoms. The summed E-state index contributed by atoms with van der Waals surface area (Å²) in [6, 6.07) is 3.20. The molecule has 2 bridgehead atoms. The fourth-order valence-electron chi connectivity index (χ4n) is 3.10. The fraction of sp³-hybridized carbons (Fsp3) is 0.500. The van der Waals surface area contributed by atoms with Crippen LogP contribution in [0.4, 0.5) is 0 Å². The van der Waals surface area contributed by atoms with Gasteiger partial charge in [-0.25, -0.2) is 0 Å². The summed E-state index contributed by atoms with van der Waals surface area (Å²) in [5.74, 6) is -1.08. The van der Waals surface area contributed by atoms with E-state index in [0.29, 0.717) is 12.2 Å². The van der Waals surface area contributed by atoms with E-state index in [0.717, 1.165) is 12.8 Å². The normalized spacial score (nSPS) is 30.8. The van der Waals surface area contributed by atoms with Crippen LogP contribution in [0.1, 0.15) is 29.8 Å². The third-order valence-corrected chi connectivity index (χ3v) is 3.82. The maximum atomic E-state index is 12.2. The van der Waals surface area contributed by atoms with Crippen molar-refractivity contribution in [1.29, 1.82) is 0 Å². The molecule has 2 saturated heterocycles. The predicted molar refractivity (Wildman–Crippen MR) is 57.4 cm³/mol. The predicted octanol–water partition coefficient (Wildman–Crippen LogP) is 1.36. The number of hydrogen-bond donors (Lipinski definition) is 1. The highest BCUT2D eigenvalue weighted by atomic mass is 16.4. The minimum absolute atomic E-state index is 0.0682. The molecule has 0 aromatic carbocycles. The standard InChI is InChI=1S/C12H13NO4/c14-11(10-2-1-5-17-10)13-7-3-4-9(13)8(6-7)12(15)16/h1-2,5,7-9H,3-4,6H2,(H,15,16). The number of furan rings is 1. The largest absolute Gasteiger partial charge is 0.481 e. The molecule has 1 aromatic heterocycles. The lowest BCUT2D eigenvalue weighted by molar-refractivity contribution is -0.142. The zero-order valence-corrected chi connectivity index (χ0v) is 9.20. The molecular formula is C12H13NO4. The summed E-state index contributed by atoms with van der Waals surface area (Å²) in [6.07, 6.45) is 3.72. The molecule has 3 unspecified atom stereocenters. The molecular weight excluding hydrogens is 222 g/mol. The first-order valence-corrected chi connectivity index (χ1v) is 5.77. The second-order valence-corrected chi connectivity index (χ2v) is 4.67. The average molecular weight is 235 g/mol. The molecule has 3 heterocycles. The molecule has 0 saturated carbocycles. The van der Waals surface area contributed by atoms with Crippen molar-refractivity contribution in [3.8, 4) is 0 Å². The Bertz CT molecular complexity index is 453. The third-order valence-electron chi connectivity index (χ3n) is 3.82. The number of amides is 1. The van der Waals surface area contributed by atoms with E-state index < -0.39 is 11.9 Å². The molecule has 5 nitrogen and oxygen atoms in total. The molecule has 2 fully saturated rings. The van der Waals surface area contributed by atoms with Crippen molar-refractivity contribution in [2.24, 2.45) is 5.92 Å². The number of carboxylic acids is 1. The van der Waals surface area contributed by atoms with Crippen molar-refractivity contribution < 1.29 is 19.1 Å². The highest BCUT2D eigenvalue weighted by Crippen LogP contribution is 2.42. The van der Waals surface area contributed by atoms with Crippen LogP contribution in [-0.4, -0.2) is 34.0 Å². The maximum absolute atomic E-state index is 12.2. The molecule has 0 aliphatic carbocycles. The van der Waals surface area contributed by atoms with E-state index in [2.05, 4.69) is 0 Å². The van der Waals surface area contributed by atoms with E-state index in [1.165, 1.54) is 6.26 Å². The molecule has 1 aromatic rings. The molecule has 5 heteroatoms. The first kappa shape index (κ1) is 10.4. The second kappa shape index (κ2) is 3.61. The van der Waals surface area contributed by atoms with Crippen molar-refractivity contribution >= 4 is 11.9 Å². The number of rotatable bonds is 2. The Balaban J connectivity index is 1.86. The van der Waals surface area contributed by atoms with Crippen molar-refractivity contribution in [3.63, 3.8) is 0 Å². The number of carbonyl (C=O) groups excluding carboxylic acids is 1. The van der Waals surface area contributed by atoms with Crippen molar-refractivity contribution in [3.05, 3.63) is 24.2 Å². The lowest BCUT2D eigenvalue weighted by atomic mass is 9.89. The molecule has 3 rings (SSSR count). The highest BCUT2D eigenvalue weighted by Gasteiger charge is 2.51. The Labute approximate surface area is 98.0 Å². The van der Waals surface area contributed by atoms with Gasteiger partial charge in [-0.05, 0) is 31.4 Å². The summed E-state index contributed by atoms with van der Waals surface area (Å²) in [5, 5.41) is 9.10. The summed E-state index contributed by atoms with van der Waals surface area (Å²) in [6.45, 7) is 0. The quantitative estimate of drug-likeness (QED) is 0.840. The van der Waals surface area contributed by atoms with Gasteiger partial charge in [-0.2, -0.15) is 0 Å². The van der Waals surface area contributed by atoms with Crippen molar-refractivity contribution in [2.75, 3.05) is 0 Å². The highest BCUT2D eigenvalue weighted by molar-refractivity contribution is 5.93. The number of nitrogens with zero attached hydrogens (tertiary/aromatic N) is 1. The maximum Gasteiger partial charge on any atom is 0.308 e. The third kappa shape index (κ3) is 1.45. The number of carboxylic acid groups (broad SMARTS) is 1.